The minimum Gasteiger partial charge on any atom is -0.506 e. The lowest BCUT2D eigenvalue weighted by Gasteiger charge is -2.43. The van der Waals surface area contributed by atoms with Crippen molar-refractivity contribution in [3.05, 3.63) is 106 Å². The smallest absolute Gasteiger partial charge is 0.408 e. The first-order valence-electron chi connectivity index (χ1n) is 18.2. The van der Waals surface area contributed by atoms with Gasteiger partial charge in [-0.1, -0.05) is 61.4 Å². The molecule has 0 spiro atoms. The number of fused-ring (bicyclic) bond motifs is 4. The van der Waals surface area contributed by atoms with E-state index < -0.39 is 24.2 Å². The monoisotopic (exact) mass is 712 g/mol. The van der Waals surface area contributed by atoms with E-state index >= 15 is 0 Å². The average molecular weight is 713 g/mol. The molecule has 0 aliphatic carbocycles. The van der Waals surface area contributed by atoms with Crippen molar-refractivity contribution in [3.63, 3.8) is 0 Å². The Bertz CT molecular complexity index is 1840. The van der Waals surface area contributed by atoms with Crippen molar-refractivity contribution in [2.45, 2.75) is 56.8 Å². The number of unbranched alkanes of at least 4 members (excludes halogenated alkanes) is 3. The topological polar surface area (TPSA) is 162 Å². The van der Waals surface area contributed by atoms with Gasteiger partial charge in [-0.05, 0) is 92.2 Å². The molecular weight excluding hydrogens is 664 g/mol. The summed E-state index contributed by atoms with van der Waals surface area (Å²) in [5, 5.41) is 27.7. The standard InChI is InChI=1S/C40H48N4O8/c45-33-15-13-31(32-14-16-36(47)42-39(32)33)34(46)24-41-19-6-1-2-7-22-50-37(48)26-51-30-12-8-11-29(23-30)38(28-9-4-3-5-10-28)43-40(49)52-35-25-44-20-17-27(35)18-21-44/h3-5,8-16,23,27,34-35,38,41,45-46H,1-2,6-7,17-22,24-26H2,(H,42,47)(H,43,49)/t34-,35-,38?/m0/s1. The number of aliphatic hydroxyl groups excluding tert-OH is 1. The Hall–Kier alpha value is -4.91. The highest BCUT2D eigenvalue weighted by molar-refractivity contribution is 5.87. The van der Waals surface area contributed by atoms with Crippen molar-refractivity contribution in [2.75, 3.05) is 45.9 Å². The average Bonchev–Trinajstić information content (AvgIpc) is 3.16. The second-order valence-electron chi connectivity index (χ2n) is 13.6. The fraction of sp³-hybridized carbons (Fsp3) is 0.425. The zero-order valence-electron chi connectivity index (χ0n) is 29.3. The van der Waals surface area contributed by atoms with Gasteiger partial charge in [0, 0.05) is 24.5 Å². The molecule has 3 atom stereocenters. The number of pyridine rings is 1. The summed E-state index contributed by atoms with van der Waals surface area (Å²) < 4.78 is 17.1. The fourth-order valence-electron chi connectivity index (χ4n) is 7.10. The minimum atomic E-state index is -0.802. The van der Waals surface area contributed by atoms with Gasteiger partial charge in [0.15, 0.2) is 6.61 Å². The van der Waals surface area contributed by atoms with E-state index in [0.717, 1.165) is 69.3 Å². The molecule has 0 saturated carbocycles. The maximum Gasteiger partial charge on any atom is 0.408 e. The number of nitrogens with zero attached hydrogens (tertiary/aromatic N) is 1. The van der Waals surface area contributed by atoms with E-state index in [9.17, 15) is 24.6 Å². The Morgan fingerprint density at radius 1 is 0.923 bits per heavy atom. The van der Waals surface area contributed by atoms with E-state index in [2.05, 4.69) is 20.5 Å². The number of hydrogen-bond acceptors (Lipinski definition) is 10. The number of aromatic hydroxyl groups is 1. The van der Waals surface area contributed by atoms with Crippen LogP contribution in [-0.4, -0.2) is 84.2 Å². The highest BCUT2D eigenvalue weighted by Crippen LogP contribution is 2.31. The van der Waals surface area contributed by atoms with Crippen LogP contribution >= 0.6 is 0 Å². The molecule has 1 aromatic heterocycles. The summed E-state index contributed by atoms with van der Waals surface area (Å²) in [4.78, 5) is 42.1. The van der Waals surface area contributed by atoms with Crippen molar-refractivity contribution in [2.24, 2.45) is 5.92 Å². The van der Waals surface area contributed by atoms with Gasteiger partial charge in [-0.2, -0.15) is 0 Å². The van der Waals surface area contributed by atoms with Crippen LogP contribution in [-0.2, 0) is 14.3 Å². The number of carbonyl (C=O) groups is 2. The number of hydrogen-bond donors (Lipinski definition) is 5. The third kappa shape index (κ3) is 9.90. The number of H-pyrrole nitrogens is 1. The van der Waals surface area contributed by atoms with Gasteiger partial charge in [-0.25, -0.2) is 9.59 Å². The zero-order chi connectivity index (χ0) is 36.3. The van der Waals surface area contributed by atoms with Crippen LogP contribution in [0.5, 0.6) is 11.5 Å². The molecule has 3 aliphatic heterocycles. The van der Waals surface area contributed by atoms with Gasteiger partial charge in [-0.3, -0.25) is 9.69 Å². The summed E-state index contributed by atoms with van der Waals surface area (Å²) in [5.41, 5.74) is 2.32. The lowest BCUT2D eigenvalue weighted by molar-refractivity contribution is -0.146. The third-order valence-corrected chi connectivity index (χ3v) is 9.91. The van der Waals surface area contributed by atoms with Crippen molar-refractivity contribution >= 4 is 23.0 Å². The quantitative estimate of drug-likeness (QED) is 0.0748. The van der Waals surface area contributed by atoms with Crippen LogP contribution in [0.2, 0.25) is 0 Å². The van der Waals surface area contributed by atoms with Crippen LogP contribution in [0.15, 0.2) is 83.7 Å². The van der Waals surface area contributed by atoms with E-state index in [1.54, 1.807) is 18.2 Å². The van der Waals surface area contributed by atoms with Gasteiger partial charge in [0.25, 0.3) is 0 Å². The highest BCUT2D eigenvalue weighted by atomic mass is 16.6. The number of aliphatic hydroxyl groups is 1. The van der Waals surface area contributed by atoms with Crippen LogP contribution < -0.4 is 20.9 Å². The molecule has 276 valence electrons. The summed E-state index contributed by atoms with van der Waals surface area (Å²) in [5.74, 6) is 0.411. The number of ether oxygens (including phenoxy) is 3. The van der Waals surface area contributed by atoms with E-state index in [1.807, 2.05) is 48.5 Å². The lowest BCUT2D eigenvalue weighted by atomic mass is 9.86. The first kappa shape index (κ1) is 36.9. The van der Waals surface area contributed by atoms with Gasteiger partial charge in [0.2, 0.25) is 5.56 Å². The number of nitrogens with one attached hydrogen (secondary N) is 3. The number of piperidine rings is 3. The molecule has 1 amide bonds. The second-order valence-corrected chi connectivity index (χ2v) is 13.6. The van der Waals surface area contributed by atoms with Crippen LogP contribution in [0.4, 0.5) is 4.79 Å². The molecule has 7 rings (SSSR count). The molecule has 3 saturated heterocycles. The maximum atomic E-state index is 13.1. The molecule has 4 aromatic rings. The van der Waals surface area contributed by atoms with Crippen LogP contribution in [0, 0.1) is 5.92 Å². The largest absolute Gasteiger partial charge is 0.506 e. The van der Waals surface area contributed by atoms with E-state index in [4.69, 9.17) is 14.2 Å². The summed E-state index contributed by atoms with van der Waals surface area (Å²) in [6.07, 6.45) is 4.19. The summed E-state index contributed by atoms with van der Waals surface area (Å²) in [6, 6.07) is 22.7. The number of aromatic amines is 1. The van der Waals surface area contributed by atoms with Gasteiger partial charge in [0.1, 0.15) is 17.6 Å². The van der Waals surface area contributed by atoms with Crippen molar-refractivity contribution in [1.29, 1.82) is 0 Å². The zero-order valence-corrected chi connectivity index (χ0v) is 29.3. The SMILES string of the molecule is O=C(COc1cccc(C(NC(=O)O[C@H]2CN3CCC2CC3)c2ccccc2)c1)OCCCCCCNC[C@H](O)c1ccc(O)c2[nH]c(=O)ccc12. The van der Waals surface area contributed by atoms with Crippen molar-refractivity contribution in [3.8, 4) is 11.5 Å². The molecule has 3 aliphatic rings. The molecule has 5 N–H and O–H groups in total. The molecular formula is C40H48N4O8. The summed E-state index contributed by atoms with van der Waals surface area (Å²) in [7, 11) is 0. The number of alkyl carbamates (subject to hydrolysis) is 1. The molecule has 3 aromatic carbocycles. The number of phenols is 1. The van der Waals surface area contributed by atoms with Gasteiger partial charge in [-0.15, -0.1) is 0 Å². The lowest BCUT2D eigenvalue weighted by Crippen LogP contribution is -2.52. The van der Waals surface area contributed by atoms with Crippen LogP contribution in [0.25, 0.3) is 10.9 Å². The molecule has 12 heteroatoms. The molecule has 52 heavy (non-hydrogen) atoms. The normalized spacial score (nSPS) is 19.1. The Kier molecular flexibility index (Phi) is 12.8. The second kappa shape index (κ2) is 18.0. The summed E-state index contributed by atoms with van der Waals surface area (Å²) in [6.45, 7) is 4.03. The van der Waals surface area contributed by atoms with Gasteiger partial charge in [0.05, 0.1) is 24.3 Å². The fourth-order valence-corrected chi connectivity index (χ4v) is 7.10. The minimum absolute atomic E-state index is 0.0407. The molecule has 3 fully saturated rings. The predicted molar refractivity (Wildman–Crippen MR) is 196 cm³/mol. The maximum absolute atomic E-state index is 13.1. The van der Waals surface area contributed by atoms with Crippen molar-refractivity contribution in [1.82, 2.24) is 20.5 Å². The van der Waals surface area contributed by atoms with Crippen LogP contribution in [0.3, 0.4) is 0 Å². The number of rotatable bonds is 17. The Morgan fingerprint density at radius 2 is 1.71 bits per heavy atom. The molecule has 2 bridgehead atoms. The van der Waals surface area contributed by atoms with E-state index in [1.165, 1.54) is 12.1 Å². The Morgan fingerprint density at radius 3 is 2.50 bits per heavy atom. The molecule has 4 heterocycles. The third-order valence-electron chi connectivity index (χ3n) is 9.91. The Labute approximate surface area is 303 Å². The number of phenolic OH excluding ortho intramolecular Hbond substituents is 1. The van der Waals surface area contributed by atoms with E-state index in [-0.39, 0.29) is 24.0 Å². The first-order chi connectivity index (χ1) is 25.3. The predicted octanol–water partition coefficient (Wildman–Crippen LogP) is 4.95. The van der Waals surface area contributed by atoms with E-state index in [0.29, 0.717) is 47.8 Å². The van der Waals surface area contributed by atoms with Crippen molar-refractivity contribution < 1.29 is 34.0 Å². The number of carbonyl (C=O) groups excluding carboxylic acids is 2. The number of aromatic nitrogens is 1. The van der Waals surface area contributed by atoms with Crippen LogP contribution in [0.1, 0.15) is 67.4 Å². The number of amides is 1. The highest BCUT2D eigenvalue weighted by Gasteiger charge is 2.37. The molecule has 12 nitrogen and oxygen atoms in total. The molecule has 0 radical (unpaired) electrons. The number of benzene rings is 3. The Balaban J connectivity index is 0.882. The molecule has 1 unspecified atom stereocenters. The number of esters is 1. The summed E-state index contributed by atoms with van der Waals surface area (Å²) >= 11 is 0. The van der Waals surface area contributed by atoms with Gasteiger partial charge >= 0.3 is 12.1 Å². The first-order valence-corrected chi connectivity index (χ1v) is 18.2. The van der Waals surface area contributed by atoms with Gasteiger partial charge < -0.3 is 40.0 Å².